The van der Waals surface area contributed by atoms with Crippen LogP contribution in [-0.4, -0.2) is 25.0 Å². The molecule has 1 atom stereocenters. The number of hydrogen-bond donors (Lipinski definition) is 1. The topological polar surface area (TPSA) is 55.4 Å². The van der Waals surface area contributed by atoms with Gasteiger partial charge in [0, 0.05) is 5.56 Å². The molecular formula is C14H15F2NO3. The minimum absolute atomic E-state index is 0.165. The number of ether oxygens (including phenoxy) is 1. The van der Waals surface area contributed by atoms with Gasteiger partial charge in [0.15, 0.2) is 0 Å². The van der Waals surface area contributed by atoms with Crippen LogP contribution in [0.5, 0.6) is 0 Å². The fourth-order valence-electron chi connectivity index (χ4n) is 1.63. The average Bonchev–Trinajstić information content (AvgIpc) is 2.41. The van der Waals surface area contributed by atoms with Gasteiger partial charge in [0.1, 0.15) is 17.7 Å². The summed E-state index contributed by atoms with van der Waals surface area (Å²) in [6.45, 7) is 3.46. The molecule has 0 aliphatic carbocycles. The summed E-state index contributed by atoms with van der Waals surface area (Å²) in [4.78, 5) is 23.1. The van der Waals surface area contributed by atoms with Crippen molar-refractivity contribution in [3.63, 3.8) is 0 Å². The van der Waals surface area contributed by atoms with E-state index in [1.165, 1.54) is 19.3 Å². The van der Waals surface area contributed by atoms with Gasteiger partial charge < -0.3 is 10.1 Å². The molecule has 20 heavy (non-hydrogen) atoms. The lowest BCUT2D eigenvalue weighted by Gasteiger charge is -2.15. The first-order chi connectivity index (χ1) is 9.49. The number of rotatable bonds is 6. The molecule has 0 fully saturated rings. The van der Waals surface area contributed by atoms with Crippen molar-refractivity contribution in [1.29, 1.82) is 0 Å². The van der Waals surface area contributed by atoms with Crippen molar-refractivity contribution in [2.24, 2.45) is 0 Å². The number of nitrogens with one attached hydrogen (secondary N) is 1. The molecule has 0 bridgehead atoms. The summed E-state index contributed by atoms with van der Waals surface area (Å²) < 4.78 is 31.3. The second kappa shape index (κ2) is 7.37. The number of amides is 1. The number of halogens is 2. The van der Waals surface area contributed by atoms with Crippen molar-refractivity contribution in [3.05, 3.63) is 48.1 Å². The lowest BCUT2D eigenvalue weighted by atomic mass is 10.1. The number of hydrogen-bond acceptors (Lipinski definition) is 3. The Labute approximate surface area is 115 Å². The van der Waals surface area contributed by atoms with Crippen LogP contribution in [0.15, 0.2) is 30.9 Å². The third kappa shape index (κ3) is 4.15. The predicted molar refractivity (Wildman–Crippen MR) is 68.8 cm³/mol. The molecule has 0 aliphatic rings. The van der Waals surface area contributed by atoms with Gasteiger partial charge in [-0.1, -0.05) is 12.1 Å². The standard InChI is InChI=1S/C14H15F2NO3/c1-3-5-12(14(19)20-2)17-13(18)8-9-10(15)6-4-7-11(9)16/h3-4,6-7,12H,1,5,8H2,2H3,(H,17,18)/t12-/m0/s1. The Morgan fingerprint density at radius 2 is 2.00 bits per heavy atom. The van der Waals surface area contributed by atoms with Gasteiger partial charge in [-0.25, -0.2) is 13.6 Å². The van der Waals surface area contributed by atoms with Crippen LogP contribution in [0.1, 0.15) is 12.0 Å². The first-order valence-electron chi connectivity index (χ1n) is 5.90. The highest BCUT2D eigenvalue weighted by Gasteiger charge is 2.21. The Kier molecular flexibility index (Phi) is 5.83. The van der Waals surface area contributed by atoms with E-state index in [9.17, 15) is 18.4 Å². The number of esters is 1. The Morgan fingerprint density at radius 1 is 1.40 bits per heavy atom. The third-order valence-electron chi connectivity index (χ3n) is 2.62. The van der Waals surface area contributed by atoms with Gasteiger partial charge in [0.25, 0.3) is 0 Å². The predicted octanol–water partition coefficient (Wildman–Crippen LogP) is 1.74. The lowest BCUT2D eigenvalue weighted by Crippen LogP contribution is -2.42. The van der Waals surface area contributed by atoms with Gasteiger partial charge in [-0.3, -0.25) is 4.79 Å². The van der Waals surface area contributed by atoms with Crippen LogP contribution in [0, 0.1) is 11.6 Å². The van der Waals surface area contributed by atoms with Gasteiger partial charge in [-0.15, -0.1) is 6.58 Å². The SMILES string of the molecule is C=CC[C@H](NC(=O)Cc1c(F)cccc1F)C(=O)OC. The van der Waals surface area contributed by atoms with E-state index in [0.717, 1.165) is 12.1 Å². The van der Waals surface area contributed by atoms with Gasteiger partial charge in [-0.05, 0) is 18.6 Å². The van der Waals surface area contributed by atoms with Crippen LogP contribution in [-0.2, 0) is 20.7 Å². The molecule has 0 heterocycles. The van der Waals surface area contributed by atoms with Crippen molar-refractivity contribution < 1.29 is 23.1 Å². The van der Waals surface area contributed by atoms with Crippen LogP contribution < -0.4 is 5.32 Å². The van der Waals surface area contributed by atoms with Crippen LogP contribution in [0.4, 0.5) is 8.78 Å². The maximum absolute atomic E-state index is 13.4. The van der Waals surface area contributed by atoms with Gasteiger partial charge >= 0.3 is 5.97 Å². The van der Waals surface area contributed by atoms with Crippen LogP contribution in [0.25, 0.3) is 0 Å². The first kappa shape index (κ1) is 15.8. The van der Waals surface area contributed by atoms with Crippen molar-refractivity contribution in [3.8, 4) is 0 Å². The molecule has 1 aromatic carbocycles. The summed E-state index contributed by atoms with van der Waals surface area (Å²) in [6.07, 6.45) is 1.10. The summed E-state index contributed by atoms with van der Waals surface area (Å²) in [5.41, 5.74) is -0.341. The lowest BCUT2D eigenvalue weighted by molar-refractivity contribution is -0.144. The van der Waals surface area contributed by atoms with Crippen LogP contribution in [0.3, 0.4) is 0 Å². The quantitative estimate of drug-likeness (QED) is 0.639. The van der Waals surface area contributed by atoms with Crippen molar-refractivity contribution in [2.45, 2.75) is 18.9 Å². The Hall–Kier alpha value is -2.24. The van der Waals surface area contributed by atoms with Crippen molar-refractivity contribution in [2.75, 3.05) is 7.11 Å². The normalized spacial score (nSPS) is 11.6. The summed E-state index contributed by atoms with van der Waals surface area (Å²) in [5, 5.41) is 2.35. The maximum atomic E-state index is 13.4. The number of benzene rings is 1. The molecule has 1 aromatic rings. The van der Waals surface area contributed by atoms with E-state index in [1.807, 2.05) is 0 Å². The molecule has 1 N–H and O–H groups in total. The summed E-state index contributed by atoms with van der Waals surface area (Å²) in [5.74, 6) is -2.93. The third-order valence-corrected chi connectivity index (χ3v) is 2.62. The highest BCUT2D eigenvalue weighted by molar-refractivity contribution is 5.85. The van der Waals surface area contributed by atoms with E-state index in [4.69, 9.17) is 0 Å². The molecule has 1 amide bonds. The molecule has 1 rings (SSSR count). The highest BCUT2D eigenvalue weighted by atomic mass is 19.1. The maximum Gasteiger partial charge on any atom is 0.328 e. The zero-order valence-electron chi connectivity index (χ0n) is 11.0. The van der Waals surface area contributed by atoms with Crippen LogP contribution in [0.2, 0.25) is 0 Å². The van der Waals surface area contributed by atoms with E-state index < -0.39 is 36.0 Å². The van der Waals surface area contributed by atoms with Gasteiger partial charge in [0.2, 0.25) is 5.91 Å². The fraction of sp³-hybridized carbons (Fsp3) is 0.286. The average molecular weight is 283 g/mol. The minimum atomic E-state index is -0.917. The number of methoxy groups -OCH3 is 1. The Morgan fingerprint density at radius 3 is 2.50 bits per heavy atom. The van der Waals surface area contributed by atoms with E-state index in [-0.39, 0.29) is 12.0 Å². The fourth-order valence-corrected chi connectivity index (χ4v) is 1.63. The molecule has 0 saturated carbocycles. The minimum Gasteiger partial charge on any atom is -0.467 e. The molecule has 108 valence electrons. The molecule has 0 unspecified atom stereocenters. The van der Waals surface area contributed by atoms with Crippen molar-refractivity contribution >= 4 is 11.9 Å². The van der Waals surface area contributed by atoms with Gasteiger partial charge in [0.05, 0.1) is 13.5 Å². The summed E-state index contributed by atoms with van der Waals surface area (Å²) in [6, 6.07) is 2.42. The van der Waals surface area contributed by atoms with E-state index >= 15 is 0 Å². The van der Waals surface area contributed by atoms with E-state index in [2.05, 4.69) is 16.6 Å². The molecule has 0 aliphatic heterocycles. The summed E-state index contributed by atoms with van der Waals surface area (Å²) >= 11 is 0. The number of carbonyl (C=O) groups is 2. The molecular weight excluding hydrogens is 268 g/mol. The molecule has 6 heteroatoms. The highest BCUT2D eigenvalue weighted by Crippen LogP contribution is 2.12. The van der Waals surface area contributed by atoms with E-state index in [0.29, 0.717) is 0 Å². The second-order valence-corrected chi connectivity index (χ2v) is 4.04. The zero-order chi connectivity index (χ0) is 15.1. The van der Waals surface area contributed by atoms with Gasteiger partial charge in [-0.2, -0.15) is 0 Å². The second-order valence-electron chi connectivity index (χ2n) is 4.04. The molecule has 0 radical (unpaired) electrons. The Balaban J connectivity index is 2.75. The molecule has 0 aromatic heterocycles. The largest absolute Gasteiger partial charge is 0.467 e. The number of carbonyl (C=O) groups excluding carboxylic acids is 2. The monoisotopic (exact) mass is 283 g/mol. The molecule has 0 saturated heterocycles. The molecule has 0 spiro atoms. The Bertz CT molecular complexity index is 497. The van der Waals surface area contributed by atoms with E-state index in [1.54, 1.807) is 0 Å². The first-order valence-corrected chi connectivity index (χ1v) is 5.90. The summed E-state index contributed by atoms with van der Waals surface area (Å²) in [7, 11) is 1.18. The van der Waals surface area contributed by atoms with Crippen molar-refractivity contribution in [1.82, 2.24) is 5.32 Å². The van der Waals surface area contributed by atoms with Crippen LogP contribution >= 0.6 is 0 Å². The molecule has 4 nitrogen and oxygen atoms in total. The zero-order valence-corrected chi connectivity index (χ0v) is 11.0. The smallest absolute Gasteiger partial charge is 0.328 e.